The van der Waals surface area contributed by atoms with E-state index in [1.54, 1.807) is 12.1 Å². The molecule has 1 aliphatic heterocycles. The minimum absolute atomic E-state index is 0.118. The highest BCUT2D eigenvalue weighted by Gasteiger charge is 2.55. The third-order valence-corrected chi connectivity index (χ3v) is 5.56. The van der Waals surface area contributed by atoms with Gasteiger partial charge in [0.05, 0.1) is 11.4 Å². The van der Waals surface area contributed by atoms with Gasteiger partial charge >= 0.3 is 0 Å². The molecule has 1 saturated carbocycles. The molecule has 3 aromatic rings. The second kappa shape index (κ2) is 6.91. The highest BCUT2D eigenvalue weighted by atomic mass is 19.1. The van der Waals surface area contributed by atoms with Gasteiger partial charge in [0.1, 0.15) is 17.5 Å². The Balaban J connectivity index is 1.18. The van der Waals surface area contributed by atoms with Gasteiger partial charge in [-0.05, 0) is 54.3 Å². The number of rotatable bonds is 5. The Kier molecular flexibility index (Phi) is 4.24. The lowest BCUT2D eigenvalue weighted by atomic mass is 10.1. The van der Waals surface area contributed by atoms with Crippen LogP contribution in [0, 0.1) is 23.5 Å². The summed E-state index contributed by atoms with van der Waals surface area (Å²) in [5, 5.41) is 11.6. The van der Waals surface area contributed by atoms with Crippen LogP contribution in [0.1, 0.15) is 5.69 Å². The maximum atomic E-state index is 13.9. The van der Waals surface area contributed by atoms with Gasteiger partial charge in [-0.2, -0.15) is 0 Å². The van der Waals surface area contributed by atoms with E-state index in [1.807, 2.05) is 18.3 Å². The maximum absolute atomic E-state index is 13.9. The Morgan fingerprint density at radius 1 is 1.00 bits per heavy atom. The van der Waals surface area contributed by atoms with Crippen molar-refractivity contribution in [2.24, 2.45) is 11.8 Å². The van der Waals surface area contributed by atoms with Crippen molar-refractivity contribution in [3.63, 3.8) is 0 Å². The first-order valence-electron chi connectivity index (χ1n) is 9.35. The van der Waals surface area contributed by atoms with E-state index in [0.29, 0.717) is 29.4 Å². The van der Waals surface area contributed by atoms with Crippen LogP contribution in [-0.4, -0.2) is 39.2 Å². The van der Waals surface area contributed by atoms with Gasteiger partial charge in [0.25, 0.3) is 0 Å². The SMILES string of the molecule is Fc1ccc(F)c(-c2ccc(NC3C4CN(Cc5ccccn5)CC43)nn2)c1. The Morgan fingerprint density at radius 2 is 1.86 bits per heavy atom. The summed E-state index contributed by atoms with van der Waals surface area (Å²) in [4.78, 5) is 6.82. The number of halogens is 2. The molecular weight excluding hydrogens is 360 g/mol. The molecule has 1 aromatic carbocycles. The number of aromatic nitrogens is 3. The van der Waals surface area contributed by atoms with Crippen LogP contribution in [0.4, 0.5) is 14.6 Å². The average Bonchev–Trinajstić information content (AvgIpc) is 3.15. The lowest BCUT2D eigenvalue weighted by molar-refractivity contribution is 0.289. The van der Waals surface area contributed by atoms with Crippen LogP contribution in [-0.2, 0) is 6.54 Å². The third-order valence-electron chi connectivity index (χ3n) is 5.56. The zero-order valence-electron chi connectivity index (χ0n) is 15.1. The monoisotopic (exact) mass is 379 g/mol. The van der Waals surface area contributed by atoms with E-state index in [2.05, 4.69) is 31.5 Å². The van der Waals surface area contributed by atoms with Gasteiger partial charge in [0.2, 0.25) is 0 Å². The van der Waals surface area contributed by atoms with Crippen molar-refractivity contribution in [2.75, 3.05) is 18.4 Å². The van der Waals surface area contributed by atoms with Gasteiger partial charge < -0.3 is 5.32 Å². The average molecular weight is 379 g/mol. The fraction of sp³-hybridized carbons (Fsp3) is 0.286. The van der Waals surface area contributed by atoms with Crippen molar-refractivity contribution in [3.05, 3.63) is 72.1 Å². The standard InChI is InChI=1S/C21H19F2N5/c22-13-4-5-18(23)15(9-13)19-6-7-20(27-26-19)25-21-16-11-28(12-17(16)21)10-14-3-1-2-8-24-14/h1-9,16-17,21H,10-12H2,(H,25,27). The fourth-order valence-corrected chi connectivity index (χ4v) is 4.10. The minimum Gasteiger partial charge on any atom is -0.365 e. The fourth-order valence-electron chi connectivity index (χ4n) is 4.10. The first-order chi connectivity index (χ1) is 13.7. The summed E-state index contributed by atoms with van der Waals surface area (Å²) in [5.41, 5.74) is 1.53. The highest BCUT2D eigenvalue weighted by Crippen LogP contribution is 2.47. The summed E-state index contributed by atoms with van der Waals surface area (Å²) in [6, 6.07) is 13.1. The summed E-state index contributed by atoms with van der Waals surface area (Å²) in [5.74, 6) is 0.857. The number of benzene rings is 1. The smallest absolute Gasteiger partial charge is 0.148 e. The lowest BCUT2D eigenvalue weighted by Crippen LogP contribution is -2.28. The minimum atomic E-state index is -0.513. The van der Waals surface area contributed by atoms with Gasteiger partial charge in [-0.25, -0.2) is 8.78 Å². The molecule has 2 aromatic heterocycles. The number of anilines is 1. The molecule has 2 aliphatic rings. The van der Waals surface area contributed by atoms with E-state index in [9.17, 15) is 8.78 Å². The predicted molar refractivity (Wildman–Crippen MR) is 101 cm³/mol. The summed E-state index contributed by atoms with van der Waals surface area (Å²) >= 11 is 0. The van der Waals surface area contributed by atoms with Crippen LogP contribution in [0.15, 0.2) is 54.7 Å². The van der Waals surface area contributed by atoms with Crippen molar-refractivity contribution in [1.82, 2.24) is 20.1 Å². The molecule has 28 heavy (non-hydrogen) atoms. The Bertz CT molecular complexity index is 968. The molecular formula is C21H19F2N5. The van der Waals surface area contributed by atoms with Gasteiger partial charge in [-0.3, -0.25) is 9.88 Å². The van der Waals surface area contributed by atoms with E-state index in [-0.39, 0.29) is 5.56 Å². The molecule has 0 radical (unpaired) electrons. The maximum Gasteiger partial charge on any atom is 0.148 e. The van der Waals surface area contributed by atoms with Crippen molar-refractivity contribution in [3.8, 4) is 11.3 Å². The number of nitrogens with one attached hydrogen (secondary N) is 1. The topological polar surface area (TPSA) is 53.9 Å². The number of hydrogen-bond acceptors (Lipinski definition) is 5. The first-order valence-corrected chi connectivity index (χ1v) is 9.35. The molecule has 2 atom stereocenters. The molecule has 0 amide bonds. The van der Waals surface area contributed by atoms with Gasteiger partial charge in [0.15, 0.2) is 0 Å². The number of hydrogen-bond donors (Lipinski definition) is 1. The molecule has 142 valence electrons. The summed E-state index contributed by atoms with van der Waals surface area (Å²) in [6.07, 6.45) is 1.83. The van der Waals surface area contributed by atoms with E-state index in [1.165, 1.54) is 0 Å². The van der Waals surface area contributed by atoms with Crippen LogP contribution in [0.2, 0.25) is 0 Å². The van der Waals surface area contributed by atoms with Crippen molar-refractivity contribution < 1.29 is 8.78 Å². The molecule has 1 aliphatic carbocycles. The first kappa shape index (κ1) is 17.2. The third kappa shape index (κ3) is 3.33. The second-order valence-corrected chi connectivity index (χ2v) is 7.44. The van der Waals surface area contributed by atoms with Gasteiger partial charge in [0, 0.05) is 37.4 Å². The molecule has 2 fully saturated rings. The largest absolute Gasteiger partial charge is 0.365 e. The number of piperidine rings is 1. The van der Waals surface area contributed by atoms with Crippen LogP contribution >= 0.6 is 0 Å². The van der Waals surface area contributed by atoms with Crippen LogP contribution in [0.5, 0.6) is 0 Å². The normalized spacial score (nSPS) is 23.4. The number of fused-ring (bicyclic) bond motifs is 1. The highest BCUT2D eigenvalue weighted by molar-refractivity contribution is 5.60. The number of likely N-dealkylation sites (tertiary alicyclic amines) is 1. The quantitative estimate of drug-likeness (QED) is 0.737. The van der Waals surface area contributed by atoms with Crippen LogP contribution in [0.3, 0.4) is 0 Å². The molecule has 0 spiro atoms. The van der Waals surface area contributed by atoms with Gasteiger partial charge in [-0.1, -0.05) is 6.07 Å². The lowest BCUT2D eigenvalue weighted by Gasteiger charge is -2.19. The van der Waals surface area contributed by atoms with Crippen LogP contribution < -0.4 is 5.32 Å². The molecule has 3 heterocycles. The molecule has 1 N–H and O–H groups in total. The van der Waals surface area contributed by atoms with Crippen LogP contribution in [0.25, 0.3) is 11.3 Å². The molecule has 0 bridgehead atoms. The number of nitrogens with zero attached hydrogens (tertiary/aromatic N) is 4. The molecule has 7 heteroatoms. The summed E-state index contributed by atoms with van der Waals surface area (Å²) in [6.45, 7) is 2.96. The molecule has 5 nitrogen and oxygen atoms in total. The molecule has 5 rings (SSSR count). The predicted octanol–water partition coefficient (Wildman–Crippen LogP) is 3.36. The van der Waals surface area contributed by atoms with E-state index >= 15 is 0 Å². The Morgan fingerprint density at radius 3 is 2.57 bits per heavy atom. The summed E-state index contributed by atoms with van der Waals surface area (Å²) < 4.78 is 27.2. The number of pyridine rings is 1. The van der Waals surface area contributed by atoms with E-state index in [4.69, 9.17) is 0 Å². The molecule has 1 saturated heterocycles. The van der Waals surface area contributed by atoms with E-state index < -0.39 is 11.6 Å². The Hall–Kier alpha value is -2.93. The van der Waals surface area contributed by atoms with Crippen molar-refractivity contribution in [1.29, 1.82) is 0 Å². The van der Waals surface area contributed by atoms with Crippen molar-refractivity contribution >= 4 is 5.82 Å². The van der Waals surface area contributed by atoms with Gasteiger partial charge in [-0.15, -0.1) is 10.2 Å². The zero-order chi connectivity index (χ0) is 19.1. The Labute approximate surface area is 161 Å². The second-order valence-electron chi connectivity index (χ2n) is 7.44. The summed E-state index contributed by atoms with van der Waals surface area (Å²) in [7, 11) is 0. The van der Waals surface area contributed by atoms with E-state index in [0.717, 1.165) is 43.5 Å². The zero-order valence-corrected chi connectivity index (χ0v) is 15.1. The van der Waals surface area contributed by atoms with Crippen molar-refractivity contribution in [2.45, 2.75) is 12.6 Å². The molecule has 2 unspecified atom stereocenters.